The van der Waals surface area contributed by atoms with Gasteiger partial charge in [0, 0.05) is 16.0 Å². The van der Waals surface area contributed by atoms with E-state index in [0.717, 1.165) is 29.7 Å². The third-order valence-electron chi connectivity index (χ3n) is 4.20. The lowest BCUT2D eigenvalue weighted by molar-refractivity contribution is 0.386. The van der Waals surface area contributed by atoms with Crippen LogP contribution in [0.15, 0.2) is 22.7 Å². The average molecular weight is 311 g/mol. The molecule has 2 aromatic rings. The zero-order chi connectivity index (χ0) is 14.3. The molecular weight excluding hydrogens is 295 g/mol. The molecule has 1 aromatic carbocycles. The van der Waals surface area contributed by atoms with Crippen molar-refractivity contribution in [2.24, 2.45) is 0 Å². The Bertz CT molecular complexity index is 645. The smallest absolute Gasteiger partial charge is 0.230 e. The SMILES string of the molecule is CC1(c2noc(N)c2-c2ccc(Cl)cc2Cl)CCCC1. The predicted octanol–water partition coefficient (Wildman–Crippen LogP) is 5.06. The van der Waals surface area contributed by atoms with Crippen LogP contribution in [-0.2, 0) is 5.41 Å². The normalized spacial score (nSPS) is 17.6. The minimum atomic E-state index is 0.0133. The van der Waals surface area contributed by atoms with Crippen LogP contribution in [0.2, 0.25) is 10.0 Å². The molecule has 3 rings (SSSR count). The number of hydrogen-bond donors (Lipinski definition) is 1. The minimum absolute atomic E-state index is 0.0133. The predicted molar refractivity (Wildman–Crippen MR) is 82.2 cm³/mol. The van der Waals surface area contributed by atoms with Crippen molar-refractivity contribution in [1.82, 2.24) is 5.16 Å². The first kappa shape index (κ1) is 13.8. The van der Waals surface area contributed by atoms with E-state index in [1.165, 1.54) is 12.8 Å². The number of hydrogen-bond acceptors (Lipinski definition) is 3. The fourth-order valence-corrected chi connectivity index (χ4v) is 3.56. The molecule has 1 aliphatic rings. The number of aromatic nitrogens is 1. The summed E-state index contributed by atoms with van der Waals surface area (Å²) in [6.45, 7) is 2.21. The molecule has 1 aromatic heterocycles. The second-order valence-electron chi connectivity index (χ2n) is 5.66. The highest BCUT2D eigenvalue weighted by Crippen LogP contribution is 2.47. The number of nitrogens with zero attached hydrogens (tertiary/aromatic N) is 1. The fraction of sp³-hybridized carbons (Fsp3) is 0.400. The summed E-state index contributed by atoms with van der Waals surface area (Å²) in [5, 5.41) is 5.38. The summed E-state index contributed by atoms with van der Waals surface area (Å²) in [6.07, 6.45) is 4.60. The maximum atomic E-state index is 6.31. The van der Waals surface area contributed by atoms with Crippen molar-refractivity contribution in [3.05, 3.63) is 33.9 Å². The van der Waals surface area contributed by atoms with Gasteiger partial charge in [-0.25, -0.2) is 0 Å². The van der Waals surface area contributed by atoms with Gasteiger partial charge in [0.05, 0.1) is 16.3 Å². The monoisotopic (exact) mass is 310 g/mol. The van der Waals surface area contributed by atoms with Gasteiger partial charge in [0.25, 0.3) is 0 Å². The van der Waals surface area contributed by atoms with E-state index in [0.29, 0.717) is 15.9 Å². The first-order valence-electron chi connectivity index (χ1n) is 6.72. The largest absolute Gasteiger partial charge is 0.367 e. The van der Waals surface area contributed by atoms with Crippen molar-refractivity contribution in [3.8, 4) is 11.1 Å². The zero-order valence-corrected chi connectivity index (χ0v) is 12.8. The van der Waals surface area contributed by atoms with Crippen LogP contribution in [0.3, 0.4) is 0 Å². The standard InChI is InChI=1S/C15H16Cl2N2O/c1-15(6-2-3-7-15)13-12(14(18)20-19-13)10-5-4-9(16)8-11(10)17/h4-5,8H,2-3,6-7,18H2,1H3. The zero-order valence-electron chi connectivity index (χ0n) is 11.2. The molecule has 1 saturated carbocycles. The molecule has 3 nitrogen and oxygen atoms in total. The van der Waals surface area contributed by atoms with E-state index < -0.39 is 0 Å². The van der Waals surface area contributed by atoms with Crippen LogP contribution in [0, 0.1) is 0 Å². The molecule has 1 heterocycles. The lowest BCUT2D eigenvalue weighted by atomic mass is 9.81. The lowest BCUT2D eigenvalue weighted by Gasteiger charge is -2.22. The summed E-state index contributed by atoms with van der Waals surface area (Å²) in [5.74, 6) is 0.317. The quantitative estimate of drug-likeness (QED) is 0.843. The summed E-state index contributed by atoms with van der Waals surface area (Å²) in [4.78, 5) is 0. The highest BCUT2D eigenvalue weighted by molar-refractivity contribution is 6.36. The van der Waals surface area contributed by atoms with Crippen molar-refractivity contribution in [1.29, 1.82) is 0 Å². The van der Waals surface area contributed by atoms with Crippen molar-refractivity contribution in [3.63, 3.8) is 0 Å². The Balaban J connectivity index is 2.16. The van der Waals surface area contributed by atoms with Crippen LogP contribution >= 0.6 is 23.2 Å². The van der Waals surface area contributed by atoms with Gasteiger partial charge in [-0.1, -0.05) is 54.2 Å². The second kappa shape index (κ2) is 4.97. The second-order valence-corrected chi connectivity index (χ2v) is 6.51. The molecule has 0 radical (unpaired) electrons. The summed E-state index contributed by atoms with van der Waals surface area (Å²) in [7, 11) is 0. The van der Waals surface area contributed by atoms with Crippen LogP contribution in [0.5, 0.6) is 0 Å². The Labute approximate surface area is 128 Å². The topological polar surface area (TPSA) is 52.0 Å². The summed E-state index contributed by atoms with van der Waals surface area (Å²) in [5.41, 5.74) is 8.56. The van der Waals surface area contributed by atoms with E-state index in [1.807, 2.05) is 6.07 Å². The summed E-state index contributed by atoms with van der Waals surface area (Å²) >= 11 is 12.3. The first-order chi connectivity index (χ1) is 9.51. The van der Waals surface area contributed by atoms with Gasteiger partial charge in [-0.15, -0.1) is 0 Å². The lowest BCUT2D eigenvalue weighted by Crippen LogP contribution is -2.18. The fourth-order valence-electron chi connectivity index (χ4n) is 3.06. The van der Waals surface area contributed by atoms with Crippen LogP contribution in [0.1, 0.15) is 38.3 Å². The van der Waals surface area contributed by atoms with E-state index in [2.05, 4.69) is 12.1 Å². The molecule has 2 N–H and O–H groups in total. The number of rotatable bonds is 2. The number of nitrogens with two attached hydrogens (primary N) is 1. The van der Waals surface area contributed by atoms with Gasteiger partial charge in [0.1, 0.15) is 0 Å². The molecule has 0 unspecified atom stereocenters. The third-order valence-corrected chi connectivity index (χ3v) is 4.75. The van der Waals surface area contributed by atoms with Crippen molar-refractivity contribution >= 4 is 29.1 Å². The number of anilines is 1. The van der Waals surface area contributed by atoms with Crippen LogP contribution in [0.25, 0.3) is 11.1 Å². The number of halogens is 2. The van der Waals surface area contributed by atoms with Gasteiger partial charge < -0.3 is 10.3 Å². The van der Waals surface area contributed by atoms with Crippen LogP contribution in [0.4, 0.5) is 5.88 Å². The van der Waals surface area contributed by atoms with E-state index >= 15 is 0 Å². The average Bonchev–Trinajstić information content (AvgIpc) is 2.98. The van der Waals surface area contributed by atoms with Gasteiger partial charge in [-0.2, -0.15) is 0 Å². The Morgan fingerprint density at radius 2 is 1.95 bits per heavy atom. The Kier molecular flexibility index (Phi) is 3.43. The molecular formula is C15H16Cl2N2O. The molecule has 106 valence electrons. The maximum Gasteiger partial charge on any atom is 0.230 e. The molecule has 20 heavy (non-hydrogen) atoms. The first-order valence-corrected chi connectivity index (χ1v) is 7.48. The van der Waals surface area contributed by atoms with Crippen LogP contribution in [-0.4, -0.2) is 5.16 Å². The molecule has 1 fully saturated rings. The molecule has 1 aliphatic carbocycles. The van der Waals surface area contributed by atoms with Gasteiger partial charge in [0.2, 0.25) is 5.88 Å². The molecule has 0 aliphatic heterocycles. The van der Waals surface area contributed by atoms with Crippen molar-refractivity contribution in [2.45, 2.75) is 38.0 Å². The molecule has 5 heteroatoms. The van der Waals surface area contributed by atoms with Crippen molar-refractivity contribution in [2.75, 3.05) is 5.73 Å². The van der Waals surface area contributed by atoms with Gasteiger partial charge in [-0.3, -0.25) is 0 Å². The molecule has 0 amide bonds. The highest BCUT2D eigenvalue weighted by Gasteiger charge is 2.37. The van der Waals surface area contributed by atoms with E-state index in [4.69, 9.17) is 33.5 Å². The summed E-state index contributed by atoms with van der Waals surface area (Å²) in [6, 6.07) is 5.39. The molecule has 0 atom stereocenters. The maximum absolute atomic E-state index is 6.31. The van der Waals surface area contributed by atoms with E-state index in [-0.39, 0.29) is 5.41 Å². The van der Waals surface area contributed by atoms with Gasteiger partial charge in [0.15, 0.2) is 0 Å². The minimum Gasteiger partial charge on any atom is -0.367 e. The van der Waals surface area contributed by atoms with Gasteiger partial charge >= 0.3 is 0 Å². The van der Waals surface area contributed by atoms with E-state index in [9.17, 15) is 0 Å². The summed E-state index contributed by atoms with van der Waals surface area (Å²) < 4.78 is 5.25. The Hall–Kier alpha value is -1.19. The highest BCUT2D eigenvalue weighted by atomic mass is 35.5. The molecule has 0 spiro atoms. The Morgan fingerprint density at radius 1 is 1.25 bits per heavy atom. The van der Waals surface area contributed by atoms with Crippen LogP contribution < -0.4 is 5.73 Å². The van der Waals surface area contributed by atoms with E-state index in [1.54, 1.807) is 12.1 Å². The number of nitrogen functional groups attached to an aromatic ring is 1. The Morgan fingerprint density at radius 3 is 2.60 bits per heavy atom. The van der Waals surface area contributed by atoms with Crippen molar-refractivity contribution < 1.29 is 4.52 Å². The number of benzene rings is 1. The third kappa shape index (κ3) is 2.19. The molecule has 0 bridgehead atoms. The van der Waals surface area contributed by atoms with Gasteiger partial charge in [-0.05, 0) is 25.0 Å². The molecule has 0 saturated heterocycles.